The second-order valence-corrected chi connectivity index (χ2v) is 8.92. The van der Waals surface area contributed by atoms with Gasteiger partial charge in [0.15, 0.2) is 11.6 Å². The first kappa shape index (κ1) is 21.6. The highest BCUT2D eigenvalue weighted by Crippen LogP contribution is 2.42. The van der Waals surface area contributed by atoms with E-state index in [1.54, 1.807) is 6.92 Å². The Hall–Kier alpha value is -2.66. The Morgan fingerprint density at radius 1 is 1.19 bits per heavy atom. The van der Waals surface area contributed by atoms with Crippen LogP contribution in [0, 0.1) is 23.3 Å². The van der Waals surface area contributed by atoms with Crippen molar-refractivity contribution < 1.29 is 31.9 Å². The lowest BCUT2D eigenvalue weighted by molar-refractivity contribution is -0.144. The Bertz CT molecular complexity index is 1200. The largest absolute Gasteiger partial charge is 0.466 e. The summed E-state index contributed by atoms with van der Waals surface area (Å²) in [5.74, 6) is -5.25. The molecular formula is C20H14F4N2O3S2. The minimum Gasteiger partial charge on any atom is -0.466 e. The summed E-state index contributed by atoms with van der Waals surface area (Å²) in [4.78, 5) is 30.7. The van der Waals surface area contributed by atoms with Crippen LogP contribution < -0.4 is 4.90 Å². The first-order valence-corrected chi connectivity index (χ1v) is 10.8. The van der Waals surface area contributed by atoms with Crippen molar-refractivity contribution in [3.63, 3.8) is 0 Å². The summed E-state index contributed by atoms with van der Waals surface area (Å²) in [6.07, 6.45) is -0.195. The molecule has 162 valence electrons. The number of hydrogen-bond donors (Lipinski definition) is 0. The van der Waals surface area contributed by atoms with Crippen LogP contribution in [0.2, 0.25) is 0 Å². The van der Waals surface area contributed by atoms with Gasteiger partial charge in [0, 0.05) is 11.0 Å². The second-order valence-electron chi connectivity index (χ2n) is 6.59. The van der Waals surface area contributed by atoms with Crippen LogP contribution in [0.3, 0.4) is 0 Å². The number of nitrogens with zero attached hydrogens (tertiary/aromatic N) is 2. The Labute approximate surface area is 182 Å². The average molecular weight is 470 g/mol. The third kappa shape index (κ3) is 4.11. The van der Waals surface area contributed by atoms with Gasteiger partial charge in [0.05, 0.1) is 35.2 Å². The molecule has 4 rings (SSSR count). The van der Waals surface area contributed by atoms with Crippen LogP contribution in [0.1, 0.15) is 18.4 Å². The molecule has 1 aromatic heterocycles. The van der Waals surface area contributed by atoms with Crippen molar-refractivity contribution in [3.05, 3.63) is 52.5 Å². The Kier molecular flexibility index (Phi) is 5.89. The van der Waals surface area contributed by atoms with E-state index in [-0.39, 0.29) is 35.0 Å². The van der Waals surface area contributed by atoms with Crippen molar-refractivity contribution in [1.29, 1.82) is 0 Å². The molecule has 0 saturated carbocycles. The molecule has 1 unspecified atom stereocenters. The van der Waals surface area contributed by atoms with Gasteiger partial charge in [-0.2, -0.15) is 0 Å². The molecule has 0 N–H and O–H groups in total. The molecule has 1 atom stereocenters. The minimum atomic E-state index is -1.37. The predicted octanol–water partition coefficient (Wildman–Crippen LogP) is 4.81. The zero-order chi connectivity index (χ0) is 22.3. The quantitative estimate of drug-likeness (QED) is 0.304. The molecule has 11 heteroatoms. The Balaban J connectivity index is 1.72. The van der Waals surface area contributed by atoms with Crippen molar-refractivity contribution in [3.8, 4) is 0 Å². The molecule has 2 aromatic carbocycles. The summed E-state index contributed by atoms with van der Waals surface area (Å²) in [5, 5.41) is -0.693. The van der Waals surface area contributed by atoms with Crippen LogP contribution in [0.5, 0.6) is 0 Å². The fourth-order valence-electron chi connectivity index (χ4n) is 3.19. The molecule has 1 aliphatic rings. The van der Waals surface area contributed by atoms with Gasteiger partial charge in [-0.05, 0) is 25.1 Å². The number of anilines is 1. The van der Waals surface area contributed by atoms with Crippen molar-refractivity contribution in [2.45, 2.75) is 30.0 Å². The molecule has 2 heterocycles. The number of rotatable bonds is 5. The van der Waals surface area contributed by atoms with E-state index in [2.05, 4.69) is 4.98 Å². The van der Waals surface area contributed by atoms with E-state index in [1.165, 1.54) is 17.0 Å². The number of halogens is 4. The molecule has 1 amide bonds. The number of esters is 1. The molecular weight excluding hydrogens is 456 g/mol. The lowest BCUT2D eigenvalue weighted by Crippen LogP contribution is -2.41. The third-order valence-electron chi connectivity index (χ3n) is 4.53. The predicted molar refractivity (Wildman–Crippen MR) is 108 cm³/mol. The first-order chi connectivity index (χ1) is 14.8. The zero-order valence-corrected chi connectivity index (χ0v) is 17.6. The number of ether oxygens (including phenoxy) is 1. The lowest BCUT2D eigenvalue weighted by Gasteiger charge is -2.32. The number of carbonyl (C=O) groups is 2. The summed E-state index contributed by atoms with van der Waals surface area (Å²) >= 11 is 1.87. The normalized spacial score (nSPS) is 16.0. The molecule has 31 heavy (non-hydrogen) atoms. The van der Waals surface area contributed by atoms with Crippen molar-refractivity contribution in [1.82, 2.24) is 4.98 Å². The van der Waals surface area contributed by atoms with Gasteiger partial charge < -0.3 is 9.64 Å². The zero-order valence-electron chi connectivity index (χ0n) is 16.0. The SMILES string of the molecule is CCOC(=O)CC1Sc2ccc(F)cc2N(Cc2nc3c(F)c(F)cc(F)c3s2)C1=O. The highest BCUT2D eigenvalue weighted by Gasteiger charge is 2.36. The van der Waals surface area contributed by atoms with Gasteiger partial charge in [0.2, 0.25) is 5.91 Å². The number of amides is 1. The maximum Gasteiger partial charge on any atom is 0.307 e. The highest BCUT2D eigenvalue weighted by molar-refractivity contribution is 8.01. The minimum absolute atomic E-state index is 0.128. The summed E-state index contributed by atoms with van der Waals surface area (Å²) in [5.41, 5.74) is -0.222. The van der Waals surface area contributed by atoms with E-state index in [0.717, 1.165) is 29.2 Å². The third-order valence-corrected chi connectivity index (χ3v) is 6.83. The van der Waals surface area contributed by atoms with Crippen molar-refractivity contribution >= 4 is 50.9 Å². The van der Waals surface area contributed by atoms with Crippen LogP contribution in [0.25, 0.3) is 10.2 Å². The van der Waals surface area contributed by atoms with Gasteiger partial charge in [-0.25, -0.2) is 22.5 Å². The molecule has 0 saturated heterocycles. The lowest BCUT2D eigenvalue weighted by atomic mass is 10.2. The smallest absolute Gasteiger partial charge is 0.307 e. The van der Waals surface area contributed by atoms with Gasteiger partial charge in [-0.3, -0.25) is 9.59 Å². The van der Waals surface area contributed by atoms with E-state index in [0.29, 0.717) is 11.0 Å². The van der Waals surface area contributed by atoms with Crippen LogP contribution in [-0.4, -0.2) is 28.7 Å². The van der Waals surface area contributed by atoms with Crippen LogP contribution in [0.15, 0.2) is 29.2 Å². The van der Waals surface area contributed by atoms with E-state index in [1.807, 2.05) is 0 Å². The standard InChI is InChI=1S/C20H14F4N2O3S2/c1-2-29-16(27)7-14-20(28)26(12-5-9(21)3-4-13(12)30-14)8-15-25-18-17(24)10(22)6-11(23)19(18)31-15/h3-6,14H,2,7-8H2,1H3. The number of aromatic nitrogens is 1. The van der Waals surface area contributed by atoms with E-state index < -0.39 is 45.9 Å². The topological polar surface area (TPSA) is 59.5 Å². The Morgan fingerprint density at radius 2 is 1.97 bits per heavy atom. The number of thioether (sulfide) groups is 1. The molecule has 0 bridgehead atoms. The number of benzene rings is 2. The van der Waals surface area contributed by atoms with Crippen LogP contribution in [-0.2, 0) is 20.9 Å². The molecule has 5 nitrogen and oxygen atoms in total. The molecule has 0 aliphatic carbocycles. The van der Waals surface area contributed by atoms with Crippen LogP contribution in [0.4, 0.5) is 23.2 Å². The number of carbonyl (C=O) groups excluding carboxylic acids is 2. The molecule has 0 fully saturated rings. The Morgan fingerprint density at radius 3 is 2.71 bits per heavy atom. The number of fused-ring (bicyclic) bond motifs is 2. The fraction of sp³-hybridized carbons (Fsp3) is 0.250. The second kappa shape index (κ2) is 8.46. The van der Waals surface area contributed by atoms with Gasteiger partial charge in [-0.15, -0.1) is 23.1 Å². The van der Waals surface area contributed by atoms with E-state index in [9.17, 15) is 27.2 Å². The maximum atomic E-state index is 14.0. The number of thiazole rings is 1. The van der Waals surface area contributed by atoms with Gasteiger partial charge in [0.1, 0.15) is 22.2 Å². The van der Waals surface area contributed by atoms with E-state index >= 15 is 0 Å². The van der Waals surface area contributed by atoms with Crippen LogP contribution >= 0.6 is 23.1 Å². The number of hydrogen-bond acceptors (Lipinski definition) is 6. The molecule has 3 aromatic rings. The monoisotopic (exact) mass is 470 g/mol. The van der Waals surface area contributed by atoms with Gasteiger partial charge in [-0.1, -0.05) is 0 Å². The van der Waals surface area contributed by atoms with Gasteiger partial charge >= 0.3 is 5.97 Å². The average Bonchev–Trinajstić information content (AvgIpc) is 3.15. The summed E-state index contributed by atoms with van der Waals surface area (Å²) in [7, 11) is 0. The summed E-state index contributed by atoms with van der Waals surface area (Å²) in [6.45, 7) is 1.58. The van der Waals surface area contributed by atoms with Crippen molar-refractivity contribution in [2.75, 3.05) is 11.5 Å². The fourth-order valence-corrected chi connectivity index (χ4v) is 5.34. The molecule has 0 radical (unpaired) electrons. The van der Waals surface area contributed by atoms with Crippen molar-refractivity contribution in [2.24, 2.45) is 0 Å². The molecule has 1 aliphatic heterocycles. The maximum absolute atomic E-state index is 14.0. The molecule has 0 spiro atoms. The summed E-state index contributed by atoms with van der Waals surface area (Å²) in [6, 6.07) is 4.31. The first-order valence-electron chi connectivity index (χ1n) is 9.14. The summed E-state index contributed by atoms with van der Waals surface area (Å²) < 4.78 is 60.2. The highest BCUT2D eigenvalue weighted by atomic mass is 32.2. The van der Waals surface area contributed by atoms with E-state index in [4.69, 9.17) is 4.74 Å². The van der Waals surface area contributed by atoms with Gasteiger partial charge in [0.25, 0.3) is 0 Å².